The minimum absolute atomic E-state index is 0.0931. The third-order valence-electron chi connectivity index (χ3n) is 4.49. The van der Waals surface area contributed by atoms with Crippen LogP contribution in [0, 0.1) is 10.1 Å². The van der Waals surface area contributed by atoms with E-state index in [0.29, 0.717) is 6.04 Å². The van der Waals surface area contributed by atoms with Gasteiger partial charge in [0.2, 0.25) is 0 Å². The lowest BCUT2D eigenvalue weighted by Crippen LogP contribution is -2.01. The van der Waals surface area contributed by atoms with E-state index < -0.39 is 0 Å². The molecule has 0 aliphatic heterocycles. The number of hydrogen-bond acceptors (Lipinski definition) is 2. The van der Waals surface area contributed by atoms with Gasteiger partial charge in [-0.05, 0) is 31.9 Å². The molecule has 6 heteroatoms. The predicted molar refractivity (Wildman–Crippen MR) is 117 cm³/mol. The Kier molecular flexibility index (Phi) is 7.54. The summed E-state index contributed by atoms with van der Waals surface area (Å²) in [6.45, 7) is 12.6. The van der Waals surface area contributed by atoms with E-state index in [4.69, 9.17) is 9.07 Å². The van der Waals surface area contributed by atoms with Gasteiger partial charge in [0.15, 0.2) is 0 Å². The average molecular weight is 399 g/mol. The molecule has 1 heterocycles. The van der Waals surface area contributed by atoms with Crippen molar-refractivity contribution in [2.45, 2.75) is 57.5 Å². The Morgan fingerprint density at radius 3 is 2.07 bits per heavy atom. The molecule has 142 valence electrons. The third-order valence-corrected chi connectivity index (χ3v) is 6.96. The van der Waals surface area contributed by atoms with Crippen molar-refractivity contribution in [3.05, 3.63) is 52.1 Å². The number of fused-ring (bicyclic) bond motifs is 3. The van der Waals surface area contributed by atoms with Crippen molar-refractivity contribution in [1.82, 2.24) is 4.57 Å². The van der Waals surface area contributed by atoms with Crippen LogP contribution in [-0.2, 0) is 0 Å². The molecule has 0 aliphatic carbocycles. The second kappa shape index (κ2) is 9.26. The molecule has 0 N–H and O–H groups in total. The van der Waals surface area contributed by atoms with Crippen LogP contribution in [0.2, 0.25) is 4.05 Å². The van der Waals surface area contributed by atoms with Crippen molar-refractivity contribution < 1.29 is 4.92 Å². The molecule has 0 aliphatic rings. The standard InChI is InChI=1S/C18H20N2O2.C3H7.ClH.Mg/c1-11(2)17-16(20(21)22)10-9-15-18(17)13-7-5-6-8-14(13)19(15)12(3)4;1-3-2;;/h5-12H,1-4H3;3H,1-2H3;1H;/q;;;+1/p-1. The summed E-state index contributed by atoms with van der Waals surface area (Å²) in [6.07, 6.45) is 0. The zero-order valence-electron chi connectivity index (χ0n) is 17.0. The summed E-state index contributed by atoms with van der Waals surface area (Å²) < 4.78 is 3.05. The molecule has 4 nitrogen and oxygen atoms in total. The van der Waals surface area contributed by atoms with Crippen LogP contribution in [0.5, 0.6) is 0 Å². The van der Waals surface area contributed by atoms with E-state index >= 15 is 0 Å². The van der Waals surface area contributed by atoms with Gasteiger partial charge >= 0.3 is 19.3 Å². The summed E-state index contributed by atoms with van der Waals surface area (Å²) >= 11 is -0.179. The zero-order valence-corrected chi connectivity index (χ0v) is 19.2. The summed E-state index contributed by atoms with van der Waals surface area (Å²) in [5.74, 6) is 0.0931. The number of benzene rings is 2. The smallest absolute Gasteiger partial charge is 0.346 e. The number of rotatable bonds is 4. The van der Waals surface area contributed by atoms with Crippen LogP contribution >= 0.6 is 9.07 Å². The SMILES string of the molecule is CC(C)c1c([N+](=O)[O-])ccc2c1c1ccccc1n2C(C)C.C[CH](C)[Mg][Cl]. The maximum atomic E-state index is 11.4. The molecule has 2 aromatic carbocycles. The van der Waals surface area contributed by atoms with Crippen LogP contribution in [0.1, 0.15) is 59.1 Å². The molecule has 0 saturated carbocycles. The zero-order chi connectivity index (χ0) is 20.3. The number of para-hydroxylation sites is 1. The fraction of sp³-hybridized carbons (Fsp3) is 0.429. The number of nitrogens with zero attached hydrogens (tertiary/aromatic N) is 2. The summed E-state index contributed by atoms with van der Waals surface area (Å²) in [6, 6.07) is 12.0. The Balaban J connectivity index is 0.000000465. The molecule has 0 fully saturated rings. The van der Waals surface area contributed by atoms with E-state index in [9.17, 15) is 10.1 Å². The molecule has 0 amide bonds. The first kappa shape index (κ1) is 22.0. The minimum Gasteiger partial charge on any atom is -0.346 e. The maximum Gasteiger partial charge on any atom is 0.503 e. The molecular weight excluding hydrogens is 372 g/mol. The monoisotopic (exact) mass is 398 g/mol. The number of halogens is 1. The number of nitro groups is 1. The van der Waals surface area contributed by atoms with Gasteiger partial charge < -0.3 is 13.6 Å². The van der Waals surface area contributed by atoms with Crippen LogP contribution < -0.4 is 0 Å². The van der Waals surface area contributed by atoms with Crippen molar-refractivity contribution in [2.75, 3.05) is 0 Å². The number of aromatic nitrogens is 1. The van der Waals surface area contributed by atoms with Crippen molar-refractivity contribution in [3.8, 4) is 0 Å². The largest absolute Gasteiger partial charge is 0.503 e. The normalized spacial score (nSPS) is 11.2. The highest BCUT2D eigenvalue weighted by atomic mass is 35.5. The predicted octanol–water partition coefficient (Wildman–Crippen LogP) is 7.08. The molecule has 3 rings (SSSR count). The van der Waals surface area contributed by atoms with E-state index in [0.717, 1.165) is 31.4 Å². The van der Waals surface area contributed by atoms with E-state index in [1.807, 2.05) is 32.0 Å². The van der Waals surface area contributed by atoms with Gasteiger partial charge in [-0.3, -0.25) is 10.1 Å². The van der Waals surface area contributed by atoms with Gasteiger partial charge in [-0.25, -0.2) is 0 Å². The minimum atomic E-state index is -0.268. The van der Waals surface area contributed by atoms with E-state index in [1.165, 1.54) is 0 Å². The Labute approximate surface area is 174 Å². The third kappa shape index (κ3) is 4.58. The van der Waals surface area contributed by atoms with Crippen molar-refractivity contribution in [3.63, 3.8) is 0 Å². The Morgan fingerprint density at radius 2 is 1.59 bits per heavy atom. The van der Waals surface area contributed by atoms with Crippen LogP contribution in [0.3, 0.4) is 0 Å². The number of hydrogen-bond donors (Lipinski definition) is 0. The summed E-state index contributed by atoms with van der Waals surface area (Å²) in [5, 5.41) is 13.6. The van der Waals surface area contributed by atoms with Crippen LogP contribution in [0.15, 0.2) is 36.4 Å². The molecule has 0 spiro atoms. The Morgan fingerprint density at radius 1 is 1.00 bits per heavy atom. The van der Waals surface area contributed by atoms with Gasteiger partial charge in [0.05, 0.1) is 10.4 Å². The molecule has 0 radical (unpaired) electrons. The highest BCUT2D eigenvalue weighted by Gasteiger charge is 2.24. The molecule has 0 saturated heterocycles. The van der Waals surface area contributed by atoms with Crippen molar-refractivity contribution in [1.29, 1.82) is 0 Å². The van der Waals surface area contributed by atoms with Crippen molar-refractivity contribution >= 4 is 55.8 Å². The van der Waals surface area contributed by atoms with E-state index in [1.54, 1.807) is 6.07 Å². The van der Waals surface area contributed by atoms with Crippen molar-refractivity contribution in [2.24, 2.45) is 0 Å². The molecule has 0 bridgehead atoms. The average Bonchev–Trinajstić information content (AvgIpc) is 2.95. The molecule has 0 atom stereocenters. The van der Waals surface area contributed by atoms with Crippen LogP contribution in [0.4, 0.5) is 5.69 Å². The molecule has 27 heavy (non-hydrogen) atoms. The summed E-state index contributed by atoms with van der Waals surface area (Å²) in [4.78, 5) is 11.2. The summed E-state index contributed by atoms with van der Waals surface area (Å²) in [5.41, 5.74) is 3.26. The first-order valence-corrected chi connectivity index (χ1v) is 12.4. The first-order valence-electron chi connectivity index (χ1n) is 9.46. The van der Waals surface area contributed by atoms with Gasteiger partial charge in [-0.2, -0.15) is 0 Å². The molecular formula is C21H27ClMgN2O2. The molecule has 0 unspecified atom stereocenters. The second-order valence-electron chi connectivity index (χ2n) is 7.83. The van der Waals surface area contributed by atoms with Crippen LogP contribution in [0.25, 0.3) is 21.8 Å². The quantitative estimate of drug-likeness (QED) is 0.267. The van der Waals surface area contributed by atoms with Gasteiger partial charge in [-0.1, -0.05) is 45.9 Å². The highest BCUT2D eigenvalue weighted by Crippen LogP contribution is 2.40. The fourth-order valence-corrected chi connectivity index (χ4v) is 3.41. The Bertz CT molecular complexity index is 948. The van der Waals surface area contributed by atoms with Gasteiger partial charge in [0.25, 0.3) is 5.69 Å². The fourth-order valence-electron chi connectivity index (χ4n) is 3.41. The lowest BCUT2D eigenvalue weighted by molar-refractivity contribution is -0.385. The van der Waals surface area contributed by atoms with Gasteiger partial charge in [0.1, 0.15) is 0 Å². The topological polar surface area (TPSA) is 48.1 Å². The second-order valence-corrected chi connectivity index (χ2v) is 10.7. The number of nitro benzene ring substituents is 1. The molecule has 3 aromatic rings. The van der Waals surface area contributed by atoms with E-state index in [2.05, 4.69) is 44.4 Å². The lowest BCUT2D eigenvalue weighted by Gasteiger charge is -2.13. The lowest BCUT2D eigenvalue weighted by atomic mass is 9.95. The van der Waals surface area contributed by atoms with Crippen LogP contribution in [-0.4, -0.2) is 28.8 Å². The Hall–Kier alpha value is -1.30. The van der Waals surface area contributed by atoms with Gasteiger partial charge in [-0.15, -0.1) is 4.05 Å². The summed E-state index contributed by atoms with van der Waals surface area (Å²) in [7, 11) is 5.48. The molecule has 1 aromatic heterocycles. The van der Waals surface area contributed by atoms with Gasteiger partial charge in [0, 0.05) is 34.0 Å². The highest BCUT2D eigenvalue weighted by molar-refractivity contribution is 6.94. The first-order chi connectivity index (χ1) is 12.7. The maximum absolute atomic E-state index is 11.4. The van der Waals surface area contributed by atoms with E-state index in [-0.39, 0.29) is 35.8 Å².